The van der Waals surface area contributed by atoms with Crippen LogP contribution in [0.3, 0.4) is 0 Å². The number of rotatable bonds is 4. The van der Waals surface area contributed by atoms with Crippen LogP contribution in [0.15, 0.2) is 30.0 Å². The third kappa shape index (κ3) is 1.84. The van der Waals surface area contributed by atoms with Gasteiger partial charge < -0.3 is 9.64 Å². The van der Waals surface area contributed by atoms with Gasteiger partial charge in [0.05, 0.1) is 7.11 Å². The van der Waals surface area contributed by atoms with E-state index in [-0.39, 0.29) is 5.41 Å². The lowest BCUT2D eigenvalue weighted by Gasteiger charge is -2.30. The van der Waals surface area contributed by atoms with E-state index in [1.807, 2.05) is 13.1 Å². The molecule has 0 radical (unpaired) electrons. The van der Waals surface area contributed by atoms with Gasteiger partial charge in [-0.05, 0) is 42.7 Å². The second-order valence-corrected chi connectivity index (χ2v) is 4.92. The molecule has 1 aliphatic heterocycles. The number of hydrogen-bond acceptors (Lipinski definition) is 3. The lowest BCUT2D eigenvalue weighted by atomic mass is 9.75. The third-order valence-corrected chi connectivity index (χ3v) is 4.37. The highest BCUT2D eigenvalue weighted by atomic mass is 16.5. The first-order valence-electron chi connectivity index (χ1n) is 6.72. The van der Waals surface area contributed by atoms with Gasteiger partial charge in [0, 0.05) is 23.8 Å². The summed E-state index contributed by atoms with van der Waals surface area (Å²) in [4.78, 5) is 13.1. The topological polar surface area (TPSA) is 29.5 Å². The van der Waals surface area contributed by atoms with Crippen molar-refractivity contribution in [3.05, 3.63) is 35.5 Å². The van der Waals surface area contributed by atoms with Crippen LogP contribution in [0.1, 0.15) is 32.3 Å². The highest BCUT2D eigenvalue weighted by Gasteiger charge is 2.43. The molecule has 0 spiro atoms. The molecule has 0 unspecified atom stereocenters. The Morgan fingerprint density at radius 2 is 2.00 bits per heavy atom. The fourth-order valence-corrected chi connectivity index (χ4v) is 3.24. The van der Waals surface area contributed by atoms with E-state index >= 15 is 0 Å². The molecular weight excluding hydrogens is 238 g/mol. The molecule has 0 bridgehead atoms. The smallest absolute Gasteiger partial charge is 0.144 e. The minimum atomic E-state index is -0.0838. The van der Waals surface area contributed by atoms with E-state index in [9.17, 15) is 4.79 Å². The molecule has 1 aliphatic rings. The van der Waals surface area contributed by atoms with Crippen LogP contribution in [0.4, 0.5) is 5.69 Å². The maximum absolute atomic E-state index is 11.0. The first-order chi connectivity index (χ1) is 9.14. The number of ether oxygens (including phenoxy) is 1. The monoisotopic (exact) mass is 259 g/mol. The molecule has 102 valence electrons. The molecule has 3 nitrogen and oxygen atoms in total. The molecule has 19 heavy (non-hydrogen) atoms. The van der Waals surface area contributed by atoms with Crippen molar-refractivity contribution in [2.75, 3.05) is 19.1 Å². The van der Waals surface area contributed by atoms with Gasteiger partial charge in [0.15, 0.2) is 0 Å². The molecule has 0 atom stereocenters. The number of aldehydes is 1. The molecule has 3 heteroatoms. The van der Waals surface area contributed by atoms with Gasteiger partial charge in [-0.15, -0.1) is 0 Å². The van der Waals surface area contributed by atoms with Gasteiger partial charge in [-0.1, -0.05) is 13.8 Å². The van der Waals surface area contributed by atoms with Crippen molar-refractivity contribution in [3.8, 4) is 5.75 Å². The van der Waals surface area contributed by atoms with E-state index in [4.69, 9.17) is 4.74 Å². The summed E-state index contributed by atoms with van der Waals surface area (Å²) in [5, 5.41) is 0. The Morgan fingerprint density at radius 1 is 1.32 bits per heavy atom. The highest BCUT2D eigenvalue weighted by molar-refractivity contribution is 5.77. The van der Waals surface area contributed by atoms with Crippen molar-refractivity contribution >= 4 is 12.0 Å². The Bertz CT molecular complexity index is 515. The van der Waals surface area contributed by atoms with Crippen LogP contribution in [0.25, 0.3) is 0 Å². The maximum atomic E-state index is 11.0. The van der Waals surface area contributed by atoms with Crippen molar-refractivity contribution in [1.29, 1.82) is 0 Å². The van der Waals surface area contributed by atoms with Crippen LogP contribution < -0.4 is 9.64 Å². The lowest BCUT2D eigenvalue weighted by Crippen LogP contribution is -2.28. The van der Waals surface area contributed by atoms with E-state index in [1.165, 1.54) is 5.56 Å². The van der Waals surface area contributed by atoms with Crippen LogP contribution in [0.2, 0.25) is 0 Å². The summed E-state index contributed by atoms with van der Waals surface area (Å²) in [6, 6.07) is 6.14. The van der Waals surface area contributed by atoms with Gasteiger partial charge in [-0.25, -0.2) is 0 Å². The second kappa shape index (κ2) is 5.08. The molecular formula is C16H21NO2. The number of fused-ring (bicyclic) bond motifs is 1. The highest BCUT2D eigenvalue weighted by Crippen LogP contribution is 2.52. The SMILES string of the molecule is CCC1(CC)C(=CC=O)N(C)c2ccc(OC)cc21. The number of anilines is 1. The Balaban J connectivity index is 2.69. The minimum Gasteiger partial charge on any atom is -0.497 e. The summed E-state index contributed by atoms with van der Waals surface area (Å²) >= 11 is 0. The van der Waals surface area contributed by atoms with Crippen molar-refractivity contribution < 1.29 is 9.53 Å². The molecule has 0 amide bonds. The summed E-state index contributed by atoms with van der Waals surface area (Å²) in [7, 11) is 3.70. The number of nitrogens with zero attached hydrogens (tertiary/aromatic N) is 1. The Labute approximate surface area is 114 Å². The Hall–Kier alpha value is -1.77. The second-order valence-electron chi connectivity index (χ2n) is 4.92. The zero-order chi connectivity index (χ0) is 14.0. The van der Waals surface area contributed by atoms with Gasteiger partial charge in [0.2, 0.25) is 0 Å². The van der Waals surface area contributed by atoms with Crippen LogP contribution in [-0.4, -0.2) is 20.4 Å². The minimum absolute atomic E-state index is 0.0838. The van der Waals surface area contributed by atoms with Crippen molar-refractivity contribution in [3.63, 3.8) is 0 Å². The van der Waals surface area contributed by atoms with Crippen LogP contribution >= 0.6 is 0 Å². The molecule has 1 heterocycles. The van der Waals surface area contributed by atoms with Crippen LogP contribution in [0, 0.1) is 0 Å². The fourth-order valence-electron chi connectivity index (χ4n) is 3.24. The first kappa shape index (κ1) is 13.7. The molecule has 1 aromatic rings. The Morgan fingerprint density at radius 3 is 2.53 bits per heavy atom. The number of likely N-dealkylation sites (N-methyl/N-ethyl adjacent to an activating group) is 1. The van der Waals surface area contributed by atoms with Gasteiger partial charge in [0.25, 0.3) is 0 Å². The molecule has 0 aromatic heterocycles. The predicted octanol–water partition coefficient (Wildman–Crippen LogP) is 3.29. The van der Waals surface area contributed by atoms with Crippen molar-refractivity contribution in [2.24, 2.45) is 0 Å². The van der Waals surface area contributed by atoms with Crippen molar-refractivity contribution in [2.45, 2.75) is 32.1 Å². The average Bonchev–Trinajstić information content (AvgIpc) is 2.69. The van der Waals surface area contributed by atoms with E-state index in [0.29, 0.717) is 0 Å². The standard InChI is InChI=1S/C16H21NO2/c1-5-16(6-2)13-11-12(19-4)7-8-14(13)17(3)15(16)9-10-18/h7-11H,5-6H2,1-4H3. The Kier molecular flexibility index (Phi) is 3.65. The predicted molar refractivity (Wildman–Crippen MR) is 77.8 cm³/mol. The number of carbonyl (C=O) groups excluding carboxylic acids is 1. The van der Waals surface area contributed by atoms with E-state index in [0.717, 1.165) is 36.3 Å². The van der Waals surface area contributed by atoms with Gasteiger partial charge in [-0.3, -0.25) is 4.79 Å². The summed E-state index contributed by atoms with van der Waals surface area (Å²) < 4.78 is 5.34. The van der Waals surface area contributed by atoms with Gasteiger partial charge in [0.1, 0.15) is 12.0 Å². The first-order valence-corrected chi connectivity index (χ1v) is 6.72. The summed E-state index contributed by atoms with van der Waals surface area (Å²) in [6.45, 7) is 4.34. The number of benzene rings is 1. The fraction of sp³-hybridized carbons (Fsp3) is 0.438. The van der Waals surface area contributed by atoms with Gasteiger partial charge >= 0.3 is 0 Å². The van der Waals surface area contributed by atoms with E-state index in [2.05, 4.69) is 30.9 Å². The maximum Gasteiger partial charge on any atom is 0.144 e. The number of hydrogen-bond donors (Lipinski definition) is 0. The molecule has 0 fully saturated rings. The van der Waals surface area contributed by atoms with Gasteiger partial charge in [-0.2, -0.15) is 0 Å². The number of allylic oxidation sites excluding steroid dienone is 2. The number of methoxy groups -OCH3 is 1. The number of carbonyl (C=O) groups is 1. The lowest BCUT2D eigenvalue weighted by molar-refractivity contribution is -0.104. The molecule has 0 saturated heterocycles. The summed E-state index contributed by atoms with van der Waals surface area (Å²) in [5.74, 6) is 0.866. The summed E-state index contributed by atoms with van der Waals surface area (Å²) in [6.07, 6.45) is 4.51. The quantitative estimate of drug-likeness (QED) is 0.614. The normalized spacial score (nSPS) is 18.5. The van der Waals surface area contributed by atoms with Crippen molar-refractivity contribution in [1.82, 2.24) is 0 Å². The van der Waals surface area contributed by atoms with Crippen LogP contribution in [-0.2, 0) is 10.2 Å². The third-order valence-electron chi connectivity index (χ3n) is 4.37. The molecule has 1 aromatic carbocycles. The average molecular weight is 259 g/mol. The van der Waals surface area contributed by atoms with E-state index in [1.54, 1.807) is 13.2 Å². The largest absolute Gasteiger partial charge is 0.497 e. The molecule has 0 N–H and O–H groups in total. The zero-order valence-corrected chi connectivity index (χ0v) is 12.1. The molecule has 0 aliphatic carbocycles. The van der Waals surface area contributed by atoms with E-state index < -0.39 is 0 Å². The molecule has 0 saturated carbocycles. The summed E-state index contributed by atoms with van der Waals surface area (Å²) in [5.41, 5.74) is 3.42. The zero-order valence-electron chi connectivity index (χ0n) is 12.1. The molecule has 2 rings (SSSR count). The van der Waals surface area contributed by atoms with Crippen LogP contribution in [0.5, 0.6) is 5.75 Å².